The maximum atomic E-state index is 13.9. The fourth-order valence-corrected chi connectivity index (χ4v) is 4.21. The summed E-state index contributed by atoms with van der Waals surface area (Å²) in [6.45, 7) is 1.69. The van der Waals surface area contributed by atoms with Gasteiger partial charge in [0.05, 0.1) is 5.56 Å². The molecule has 2 amide bonds. The molecule has 0 atom stereocenters. The number of likely N-dealkylation sites (tertiary alicyclic amines) is 1. The van der Waals surface area contributed by atoms with E-state index in [0.717, 1.165) is 49.1 Å². The number of carbonyl (C=O) groups excluding carboxylic acids is 2. The summed E-state index contributed by atoms with van der Waals surface area (Å²) in [6.07, 6.45) is 7.96. The van der Waals surface area contributed by atoms with Gasteiger partial charge in [-0.3, -0.25) is 14.6 Å². The molecule has 3 aromatic rings. The number of hydrogen-bond donors (Lipinski definition) is 2. The first-order chi connectivity index (χ1) is 15.5. The first-order valence-electron chi connectivity index (χ1n) is 11.0. The number of piperidine rings is 1. The van der Waals surface area contributed by atoms with Crippen LogP contribution in [0.3, 0.4) is 0 Å². The number of amides is 2. The summed E-state index contributed by atoms with van der Waals surface area (Å²) >= 11 is 0. The monoisotopic (exact) mass is 440 g/mol. The third kappa shape index (κ3) is 4.95. The number of nitrogens with zero attached hydrogens (tertiary/aromatic N) is 2. The number of pyridine rings is 1. The van der Waals surface area contributed by atoms with Gasteiger partial charge >= 0.3 is 0 Å². The molecule has 0 spiro atoms. The summed E-state index contributed by atoms with van der Waals surface area (Å²) in [5.74, 6) is -2.16. The minimum Gasteiger partial charge on any atom is -0.351 e. The Kier molecular flexibility index (Phi) is 6.78. The van der Waals surface area contributed by atoms with Gasteiger partial charge in [-0.25, -0.2) is 8.78 Å². The van der Waals surface area contributed by atoms with Crippen molar-refractivity contribution in [1.29, 1.82) is 0 Å². The molecule has 32 heavy (non-hydrogen) atoms. The Labute approximate surface area is 185 Å². The molecule has 1 aliphatic rings. The van der Waals surface area contributed by atoms with Gasteiger partial charge < -0.3 is 15.2 Å². The fraction of sp³-hybridized carbons (Fsp3) is 0.375. The van der Waals surface area contributed by atoms with Gasteiger partial charge in [0.1, 0.15) is 5.69 Å². The summed E-state index contributed by atoms with van der Waals surface area (Å²) in [7, 11) is 0. The normalized spacial score (nSPS) is 14.6. The van der Waals surface area contributed by atoms with Gasteiger partial charge in [0, 0.05) is 42.9 Å². The molecular formula is C24H26F2N4O2. The predicted molar refractivity (Wildman–Crippen MR) is 117 cm³/mol. The number of nitrogens with one attached hydrogen (secondary N) is 2. The highest BCUT2D eigenvalue weighted by molar-refractivity contribution is 5.97. The highest BCUT2D eigenvalue weighted by Crippen LogP contribution is 2.24. The number of aromatic nitrogens is 2. The zero-order valence-corrected chi connectivity index (χ0v) is 17.7. The molecule has 1 saturated heterocycles. The van der Waals surface area contributed by atoms with Crippen LogP contribution >= 0.6 is 0 Å². The Morgan fingerprint density at radius 1 is 1.16 bits per heavy atom. The highest BCUT2D eigenvalue weighted by Gasteiger charge is 2.26. The largest absolute Gasteiger partial charge is 0.351 e. The van der Waals surface area contributed by atoms with Crippen molar-refractivity contribution in [3.8, 4) is 0 Å². The molecule has 2 aromatic heterocycles. The van der Waals surface area contributed by atoms with Crippen LogP contribution in [-0.2, 0) is 0 Å². The Balaban J connectivity index is 1.15. The summed E-state index contributed by atoms with van der Waals surface area (Å²) in [5.41, 5.74) is 1.21. The van der Waals surface area contributed by atoms with E-state index in [0.29, 0.717) is 31.2 Å². The van der Waals surface area contributed by atoms with Crippen LogP contribution in [0.4, 0.5) is 8.78 Å². The van der Waals surface area contributed by atoms with Crippen molar-refractivity contribution in [2.75, 3.05) is 19.6 Å². The number of unbranched alkanes of at least 4 members (excludes halogenated alkanes) is 1. The second-order valence-electron chi connectivity index (χ2n) is 8.23. The molecule has 1 fully saturated rings. The third-order valence-electron chi connectivity index (χ3n) is 6.07. The number of halogens is 2. The summed E-state index contributed by atoms with van der Waals surface area (Å²) in [5, 5.41) is 3.84. The number of carbonyl (C=O) groups is 2. The number of fused-ring (bicyclic) bond motifs is 1. The molecule has 4 rings (SSSR count). The predicted octanol–water partition coefficient (Wildman–Crippen LogP) is 4.29. The lowest BCUT2D eigenvalue weighted by Crippen LogP contribution is -2.39. The fourth-order valence-electron chi connectivity index (χ4n) is 4.21. The SMILES string of the molecule is O=C(NCCCCC1CCN(C(=O)c2cccc(F)c2F)CC1)c1cc2cnccc2[nH]1. The number of hydrogen-bond acceptors (Lipinski definition) is 3. The molecule has 3 heterocycles. The van der Waals surface area contributed by atoms with E-state index in [4.69, 9.17) is 0 Å². The van der Waals surface area contributed by atoms with Gasteiger partial charge in [-0.1, -0.05) is 18.9 Å². The highest BCUT2D eigenvalue weighted by atomic mass is 19.2. The standard InChI is InChI=1S/C24H26F2N4O2/c25-19-6-3-5-18(22(19)26)24(32)30-12-8-16(9-13-30)4-1-2-10-28-23(31)21-14-17-15-27-11-7-20(17)29-21/h3,5-7,11,14-16,29H,1-2,4,8-10,12-13H2,(H,28,31). The van der Waals surface area contributed by atoms with E-state index < -0.39 is 17.5 Å². The van der Waals surface area contributed by atoms with E-state index in [2.05, 4.69) is 15.3 Å². The van der Waals surface area contributed by atoms with E-state index in [1.807, 2.05) is 6.07 Å². The summed E-state index contributed by atoms with van der Waals surface area (Å²) < 4.78 is 27.3. The lowest BCUT2D eigenvalue weighted by molar-refractivity contribution is 0.0680. The zero-order valence-electron chi connectivity index (χ0n) is 17.7. The number of benzene rings is 1. The molecule has 0 aliphatic carbocycles. The average molecular weight is 440 g/mol. The van der Waals surface area contributed by atoms with Gasteiger partial charge in [-0.2, -0.15) is 0 Å². The number of H-pyrrole nitrogens is 1. The molecule has 1 aliphatic heterocycles. The van der Waals surface area contributed by atoms with Crippen LogP contribution in [0, 0.1) is 17.6 Å². The van der Waals surface area contributed by atoms with Gasteiger partial charge in [0.25, 0.3) is 11.8 Å². The molecule has 0 unspecified atom stereocenters. The molecule has 1 aromatic carbocycles. The second-order valence-corrected chi connectivity index (χ2v) is 8.23. The maximum Gasteiger partial charge on any atom is 0.267 e. The van der Waals surface area contributed by atoms with Crippen molar-refractivity contribution >= 4 is 22.7 Å². The van der Waals surface area contributed by atoms with Crippen LogP contribution in [0.2, 0.25) is 0 Å². The Hall–Kier alpha value is -3.29. The Morgan fingerprint density at radius 2 is 1.97 bits per heavy atom. The second kappa shape index (κ2) is 9.89. The number of aromatic amines is 1. The topological polar surface area (TPSA) is 78.1 Å². The number of rotatable bonds is 7. The van der Waals surface area contributed by atoms with Crippen molar-refractivity contribution in [3.05, 3.63) is 65.6 Å². The average Bonchev–Trinajstić information content (AvgIpc) is 3.25. The minimum atomic E-state index is -1.08. The van der Waals surface area contributed by atoms with Crippen molar-refractivity contribution < 1.29 is 18.4 Å². The Morgan fingerprint density at radius 3 is 2.75 bits per heavy atom. The molecule has 2 N–H and O–H groups in total. The third-order valence-corrected chi connectivity index (χ3v) is 6.07. The smallest absolute Gasteiger partial charge is 0.267 e. The quantitative estimate of drug-likeness (QED) is 0.538. The minimum absolute atomic E-state index is 0.127. The van der Waals surface area contributed by atoms with E-state index in [1.165, 1.54) is 12.1 Å². The van der Waals surface area contributed by atoms with Gasteiger partial charge in [0.2, 0.25) is 0 Å². The molecule has 0 radical (unpaired) electrons. The lowest BCUT2D eigenvalue weighted by Gasteiger charge is -2.32. The molecule has 8 heteroatoms. The van der Waals surface area contributed by atoms with E-state index >= 15 is 0 Å². The van der Waals surface area contributed by atoms with E-state index in [-0.39, 0.29) is 11.5 Å². The first-order valence-corrected chi connectivity index (χ1v) is 11.0. The maximum absolute atomic E-state index is 13.9. The van der Waals surface area contributed by atoms with Crippen molar-refractivity contribution in [2.45, 2.75) is 32.1 Å². The Bertz CT molecular complexity index is 1070. The van der Waals surface area contributed by atoms with E-state index in [1.54, 1.807) is 23.4 Å². The van der Waals surface area contributed by atoms with Crippen molar-refractivity contribution in [1.82, 2.24) is 20.2 Å². The molecule has 0 bridgehead atoms. The molecular weight excluding hydrogens is 414 g/mol. The van der Waals surface area contributed by atoms with Gasteiger partial charge in [-0.15, -0.1) is 0 Å². The zero-order chi connectivity index (χ0) is 22.5. The van der Waals surface area contributed by atoms with Crippen LogP contribution in [-0.4, -0.2) is 46.3 Å². The van der Waals surface area contributed by atoms with Crippen molar-refractivity contribution in [2.24, 2.45) is 5.92 Å². The van der Waals surface area contributed by atoms with Crippen LogP contribution < -0.4 is 5.32 Å². The van der Waals surface area contributed by atoms with Gasteiger partial charge in [-0.05, 0) is 49.4 Å². The lowest BCUT2D eigenvalue weighted by atomic mass is 9.91. The van der Waals surface area contributed by atoms with Crippen LogP contribution in [0.15, 0.2) is 42.7 Å². The molecule has 6 nitrogen and oxygen atoms in total. The van der Waals surface area contributed by atoms with Crippen LogP contribution in [0.5, 0.6) is 0 Å². The summed E-state index contributed by atoms with van der Waals surface area (Å²) in [4.78, 5) is 33.5. The summed E-state index contributed by atoms with van der Waals surface area (Å²) in [6, 6.07) is 7.32. The molecule has 0 saturated carbocycles. The first kappa shape index (κ1) is 21.9. The molecule has 168 valence electrons. The van der Waals surface area contributed by atoms with Gasteiger partial charge in [0.15, 0.2) is 11.6 Å². The van der Waals surface area contributed by atoms with Crippen molar-refractivity contribution in [3.63, 3.8) is 0 Å². The van der Waals surface area contributed by atoms with Crippen LogP contribution in [0.25, 0.3) is 10.9 Å². The van der Waals surface area contributed by atoms with Crippen LogP contribution in [0.1, 0.15) is 53.0 Å². The van der Waals surface area contributed by atoms with E-state index in [9.17, 15) is 18.4 Å².